The lowest BCUT2D eigenvalue weighted by atomic mass is 10.1. The molecule has 0 saturated carbocycles. The molecule has 1 heterocycles. The van der Waals surface area contributed by atoms with Crippen LogP contribution in [0.4, 0.5) is 5.82 Å². The minimum absolute atomic E-state index is 0.196. The number of nitrogens with zero attached hydrogens (tertiary/aromatic N) is 2. The molecule has 4 nitrogen and oxygen atoms in total. The van der Waals surface area contributed by atoms with Gasteiger partial charge in [-0.1, -0.05) is 13.8 Å². The maximum absolute atomic E-state index is 5.71. The number of rotatable bonds is 3. The first-order valence-electron chi connectivity index (χ1n) is 4.42. The van der Waals surface area contributed by atoms with Gasteiger partial charge in [0.15, 0.2) is 0 Å². The summed E-state index contributed by atoms with van der Waals surface area (Å²) in [5.74, 6) is 0.552. The highest BCUT2D eigenvalue weighted by Crippen LogP contribution is 2.16. The fraction of sp³-hybridized carbons (Fsp3) is 0.556. The van der Waals surface area contributed by atoms with Crippen molar-refractivity contribution in [3.8, 4) is 0 Å². The van der Waals surface area contributed by atoms with Crippen LogP contribution >= 0.6 is 0 Å². The van der Waals surface area contributed by atoms with Gasteiger partial charge in [-0.15, -0.1) is 0 Å². The maximum atomic E-state index is 5.71. The molecule has 0 aliphatic heterocycles. The Morgan fingerprint density at radius 2 is 2.08 bits per heavy atom. The largest absolute Gasteiger partial charge is 0.383 e. The summed E-state index contributed by atoms with van der Waals surface area (Å²) in [6.07, 6.45) is 3.21. The Morgan fingerprint density at radius 1 is 1.38 bits per heavy atom. The highest BCUT2D eigenvalue weighted by atomic mass is 15.0. The van der Waals surface area contributed by atoms with E-state index in [1.165, 1.54) is 6.33 Å². The number of nitrogens with two attached hydrogens (primary N) is 1. The average molecular weight is 180 g/mol. The fourth-order valence-electron chi connectivity index (χ4n) is 1.27. The molecule has 72 valence electrons. The normalized spacial score (nSPS) is 13.2. The first-order valence-corrected chi connectivity index (χ1v) is 4.42. The van der Waals surface area contributed by atoms with Crippen molar-refractivity contribution in [1.29, 1.82) is 0 Å². The summed E-state index contributed by atoms with van der Waals surface area (Å²) in [4.78, 5) is 7.88. The topological polar surface area (TPSA) is 63.8 Å². The van der Waals surface area contributed by atoms with E-state index >= 15 is 0 Å². The second-order valence-corrected chi connectivity index (χ2v) is 3.41. The third kappa shape index (κ3) is 2.66. The van der Waals surface area contributed by atoms with Crippen molar-refractivity contribution in [2.24, 2.45) is 0 Å². The van der Waals surface area contributed by atoms with Crippen LogP contribution in [0.5, 0.6) is 0 Å². The van der Waals surface area contributed by atoms with Gasteiger partial charge in [0.25, 0.3) is 0 Å². The van der Waals surface area contributed by atoms with E-state index in [9.17, 15) is 0 Å². The summed E-state index contributed by atoms with van der Waals surface area (Å²) in [7, 11) is 0. The van der Waals surface area contributed by atoms with E-state index in [1.807, 2.05) is 0 Å². The smallest absolute Gasteiger partial charge is 0.131 e. The van der Waals surface area contributed by atoms with Crippen LogP contribution in [0.3, 0.4) is 0 Å². The van der Waals surface area contributed by atoms with Gasteiger partial charge in [-0.2, -0.15) is 0 Å². The molecule has 0 saturated heterocycles. The number of nitrogens with one attached hydrogen (secondary N) is 1. The molecule has 0 amide bonds. The van der Waals surface area contributed by atoms with Crippen LogP contribution in [-0.2, 0) is 0 Å². The van der Waals surface area contributed by atoms with Crippen LogP contribution in [-0.4, -0.2) is 16.0 Å². The molecule has 13 heavy (non-hydrogen) atoms. The minimum atomic E-state index is 0.196. The highest BCUT2D eigenvalue weighted by molar-refractivity contribution is 5.38. The SMILES string of the molecule is CC(C)NC(C)c1cncnc1N. The molecule has 0 aliphatic rings. The predicted octanol–water partition coefficient (Wildman–Crippen LogP) is 1.12. The van der Waals surface area contributed by atoms with Crippen molar-refractivity contribution in [2.45, 2.75) is 32.9 Å². The number of nitrogen functional groups attached to an aromatic ring is 1. The summed E-state index contributed by atoms with van der Waals surface area (Å²) in [5, 5.41) is 3.34. The number of aromatic nitrogens is 2. The Bertz CT molecular complexity index is 272. The number of anilines is 1. The second-order valence-electron chi connectivity index (χ2n) is 3.41. The summed E-state index contributed by atoms with van der Waals surface area (Å²) in [5.41, 5.74) is 6.66. The molecular formula is C9H16N4. The van der Waals surface area contributed by atoms with Crippen molar-refractivity contribution in [2.75, 3.05) is 5.73 Å². The molecule has 4 heteroatoms. The van der Waals surface area contributed by atoms with Crippen LogP contribution in [0.2, 0.25) is 0 Å². The zero-order valence-electron chi connectivity index (χ0n) is 8.28. The van der Waals surface area contributed by atoms with E-state index in [0.29, 0.717) is 11.9 Å². The lowest BCUT2D eigenvalue weighted by molar-refractivity contribution is 0.505. The summed E-state index contributed by atoms with van der Waals surface area (Å²) < 4.78 is 0. The third-order valence-corrected chi connectivity index (χ3v) is 1.82. The fourth-order valence-corrected chi connectivity index (χ4v) is 1.27. The van der Waals surface area contributed by atoms with E-state index in [4.69, 9.17) is 5.73 Å². The van der Waals surface area contributed by atoms with Crippen molar-refractivity contribution in [1.82, 2.24) is 15.3 Å². The van der Waals surface area contributed by atoms with Crippen LogP contribution < -0.4 is 11.1 Å². The molecule has 3 N–H and O–H groups in total. The van der Waals surface area contributed by atoms with E-state index in [1.54, 1.807) is 6.20 Å². The zero-order chi connectivity index (χ0) is 9.84. The van der Waals surface area contributed by atoms with Crippen LogP contribution in [0.15, 0.2) is 12.5 Å². The Morgan fingerprint density at radius 3 is 2.62 bits per heavy atom. The molecule has 1 unspecified atom stereocenters. The maximum Gasteiger partial charge on any atom is 0.131 e. The van der Waals surface area contributed by atoms with Crippen LogP contribution in [0.1, 0.15) is 32.4 Å². The molecule has 0 aliphatic carbocycles. The van der Waals surface area contributed by atoms with E-state index in [-0.39, 0.29) is 6.04 Å². The van der Waals surface area contributed by atoms with Crippen molar-refractivity contribution < 1.29 is 0 Å². The van der Waals surface area contributed by atoms with Gasteiger partial charge in [-0.05, 0) is 6.92 Å². The highest BCUT2D eigenvalue weighted by Gasteiger charge is 2.10. The first kappa shape index (κ1) is 9.92. The molecular weight excluding hydrogens is 164 g/mol. The Labute approximate surface area is 78.6 Å². The van der Waals surface area contributed by atoms with E-state index in [0.717, 1.165) is 5.56 Å². The Balaban J connectivity index is 2.76. The van der Waals surface area contributed by atoms with Gasteiger partial charge in [-0.3, -0.25) is 0 Å². The van der Waals surface area contributed by atoms with Crippen LogP contribution in [0, 0.1) is 0 Å². The van der Waals surface area contributed by atoms with E-state index in [2.05, 4.69) is 36.1 Å². The molecule has 0 aromatic carbocycles. The molecule has 1 aromatic heterocycles. The monoisotopic (exact) mass is 180 g/mol. The van der Waals surface area contributed by atoms with Crippen molar-refractivity contribution in [3.05, 3.63) is 18.1 Å². The van der Waals surface area contributed by atoms with Gasteiger partial charge in [0.05, 0.1) is 0 Å². The molecule has 1 aromatic rings. The second kappa shape index (κ2) is 4.18. The van der Waals surface area contributed by atoms with Gasteiger partial charge in [-0.25, -0.2) is 9.97 Å². The molecule has 0 fully saturated rings. The molecule has 0 radical (unpaired) electrons. The summed E-state index contributed by atoms with van der Waals surface area (Å²) in [6.45, 7) is 6.24. The van der Waals surface area contributed by atoms with Gasteiger partial charge in [0, 0.05) is 23.8 Å². The van der Waals surface area contributed by atoms with Crippen LogP contribution in [0.25, 0.3) is 0 Å². The zero-order valence-corrected chi connectivity index (χ0v) is 8.28. The van der Waals surface area contributed by atoms with Crippen molar-refractivity contribution >= 4 is 5.82 Å². The molecule has 0 spiro atoms. The molecule has 1 atom stereocenters. The lowest BCUT2D eigenvalue weighted by Gasteiger charge is -2.17. The quantitative estimate of drug-likeness (QED) is 0.731. The van der Waals surface area contributed by atoms with Gasteiger partial charge in [0.2, 0.25) is 0 Å². The number of hydrogen-bond donors (Lipinski definition) is 2. The average Bonchev–Trinajstić information content (AvgIpc) is 2.03. The minimum Gasteiger partial charge on any atom is -0.383 e. The standard InChI is InChI=1S/C9H16N4/c1-6(2)13-7(3)8-4-11-5-12-9(8)10/h4-7,13H,1-3H3,(H2,10,11,12). The predicted molar refractivity (Wildman–Crippen MR) is 53.1 cm³/mol. The lowest BCUT2D eigenvalue weighted by Crippen LogP contribution is -2.26. The Kier molecular flexibility index (Phi) is 3.19. The van der Waals surface area contributed by atoms with E-state index < -0.39 is 0 Å². The molecule has 1 rings (SSSR count). The first-order chi connectivity index (χ1) is 6.11. The van der Waals surface area contributed by atoms with Gasteiger partial charge in [0.1, 0.15) is 12.1 Å². The third-order valence-electron chi connectivity index (χ3n) is 1.82. The van der Waals surface area contributed by atoms with Crippen molar-refractivity contribution in [3.63, 3.8) is 0 Å². The summed E-state index contributed by atoms with van der Waals surface area (Å²) >= 11 is 0. The van der Waals surface area contributed by atoms with Gasteiger partial charge < -0.3 is 11.1 Å². The molecule has 0 bridgehead atoms. The summed E-state index contributed by atoms with van der Waals surface area (Å²) in [6, 6.07) is 0.621. The number of hydrogen-bond acceptors (Lipinski definition) is 4. The Hall–Kier alpha value is -1.16. The van der Waals surface area contributed by atoms with Gasteiger partial charge >= 0.3 is 0 Å².